The fourth-order valence-electron chi connectivity index (χ4n) is 5.47. The van der Waals surface area contributed by atoms with Gasteiger partial charge in [-0.3, -0.25) is 0 Å². The Morgan fingerprint density at radius 1 is 0.893 bits per heavy atom. The minimum atomic E-state index is -0.0809. The van der Waals surface area contributed by atoms with E-state index in [1.165, 1.54) is 64.2 Å². The zero-order valence-electron chi connectivity index (χ0n) is 18.1. The maximum Gasteiger partial charge on any atom is 0.127 e. The molecule has 28 heavy (non-hydrogen) atoms. The van der Waals surface area contributed by atoms with Gasteiger partial charge in [0.15, 0.2) is 0 Å². The zero-order chi connectivity index (χ0) is 19.8. The van der Waals surface area contributed by atoms with Gasteiger partial charge in [-0.15, -0.1) is 0 Å². The number of hydrogen-bond acceptors (Lipinski definition) is 0. The van der Waals surface area contributed by atoms with Crippen LogP contribution in [0.2, 0.25) is 0 Å². The van der Waals surface area contributed by atoms with Gasteiger partial charge in [0.05, 0.1) is 0 Å². The maximum absolute atomic E-state index is 14.2. The molecule has 0 spiro atoms. The Labute approximate surface area is 172 Å². The van der Waals surface area contributed by atoms with E-state index >= 15 is 0 Å². The number of unbranched alkanes of at least 4 members (excludes halogenated alkanes) is 1. The highest BCUT2D eigenvalue weighted by atomic mass is 19.1. The predicted molar refractivity (Wildman–Crippen MR) is 118 cm³/mol. The Balaban J connectivity index is 1.46. The lowest BCUT2D eigenvalue weighted by Crippen LogP contribution is -2.25. The monoisotopic (exact) mass is 382 g/mol. The average molecular weight is 383 g/mol. The molecule has 0 aliphatic heterocycles. The van der Waals surface area contributed by atoms with Crippen LogP contribution in [0.15, 0.2) is 18.2 Å². The first-order valence-corrected chi connectivity index (χ1v) is 12.0. The van der Waals surface area contributed by atoms with E-state index in [-0.39, 0.29) is 5.82 Å². The average Bonchev–Trinajstić information content (AvgIpc) is 2.73. The van der Waals surface area contributed by atoms with Crippen molar-refractivity contribution in [1.29, 1.82) is 0 Å². The van der Waals surface area contributed by atoms with Crippen LogP contribution >= 0.6 is 0 Å². The number of benzene rings is 1. The van der Waals surface area contributed by atoms with Gasteiger partial charge < -0.3 is 0 Å². The number of halogens is 1. The predicted octanol–water partition coefficient (Wildman–Crippen LogP) is 7.93. The van der Waals surface area contributed by atoms with Crippen LogP contribution < -0.4 is 0 Å². The van der Waals surface area contributed by atoms with Gasteiger partial charge in [-0.2, -0.15) is 0 Å². The Morgan fingerprint density at radius 2 is 1.57 bits per heavy atom. The third-order valence-corrected chi connectivity index (χ3v) is 7.30. The lowest BCUT2D eigenvalue weighted by molar-refractivity contribution is 0.154. The van der Waals surface area contributed by atoms with Crippen LogP contribution in [0, 0.1) is 41.3 Å². The van der Waals surface area contributed by atoms with Crippen molar-refractivity contribution in [3.63, 3.8) is 0 Å². The minimum Gasteiger partial charge on any atom is -0.207 e. The van der Waals surface area contributed by atoms with Crippen molar-refractivity contribution in [2.24, 2.45) is 23.7 Å². The molecule has 0 radical (unpaired) electrons. The normalized spacial score (nSPS) is 27.8. The molecule has 1 aromatic carbocycles. The molecule has 2 aliphatic rings. The van der Waals surface area contributed by atoms with E-state index in [0.29, 0.717) is 5.92 Å². The van der Waals surface area contributed by atoms with Crippen LogP contribution in [0.25, 0.3) is 0 Å². The first-order valence-electron chi connectivity index (χ1n) is 12.0. The van der Waals surface area contributed by atoms with Crippen molar-refractivity contribution in [2.75, 3.05) is 0 Å². The number of hydrogen-bond donors (Lipinski definition) is 0. The summed E-state index contributed by atoms with van der Waals surface area (Å²) in [6.07, 6.45) is 16.8. The van der Waals surface area contributed by atoms with Gasteiger partial charge >= 0.3 is 0 Å². The molecule has 0 aromatic heterocycles. The second-order valence-corrected chi connectivity index (χ2v) is 9.36. The molecule has 1 aromatic rings. The minimum absolute atomic E-state index is 0.0809. The first kappa shape index (κ1) is 21.4. The van der Waals surface area contributed by atoms with E-state index in [2.05, 4.69) is 25.7 Å². The lowest BCUT2D eigenvalue weighted by atomic mass is 9.69. The highest BCUT2D eigenvalue weighted by Crippen LogP contribution is 2.42. The molecule has 2 saturated carbocycles. The van der Waals surface area contributed by atoms with Crippen LogP contribution in [0.1, 0.15) is 102 Å². The smallest absolute Gasteiger partial charge is 0.127 e. The van der Waals surface area contributed by atoms with Gasteiger partial charge in [0.1, 0.15) is 5.82 Å². The first-order chi connectivity index (χ1) is 13.7. The van der Waals surface area contributed by atoms with E-state index in [0.717, 1.165) is 48.1 Å². The molecular weight excluding hydrogens is 343 g/mol. The molecule has 0 heterocycles. The molecule has 2 fully saturated rings. The highest BCUT2D eigenvalue weighted by Gasteiger charge is 2.30. The van der Waals surface area contributed by atoms with E-state index in [1.54, 1.807) is 6.07 Å². The van der Waals surface area contributed by atoms with E-state index < -0.39 is 0 Å². The van der Waals surface area contributed by atoms with Crippen molar-refractivity contribution in [1.82, 2.24) is 0 Å². The third-order valence-electron chi connectivity index (χ3n) is 7.30. The van der Waals surface area contributed by atoms with Gasteiger partial charge in [0, 0.05) is 11.5 Å². The van der Waals surface area contributed by atoms with Crippen LogP contribution in [0.3, 0.4) is 0 Å². The molecule has 0 bridgehead atoms. The van der Waals surface area contributed by atoms with Gasteiger partial charge in [-0.1, -0.05) is 63.9 Å². The molecule has 0 unspecified atom stereocenters. The van der Waals surface area contributed by atoms with Gasteiger partial charge in [0.2, 0.25) is 0 Å². The molecule has 0 N–H and O–H groups in total. The second kappa shape index (κ2) is 11.0. The summed E-state index contributed by atoms with van der Waals surface area (Å²) >= 11 is 0. The van der Waals surface area contributed by atoms with Crippen molar-refractivity contribution in [3.05, 3.63) is 35.1 Å². The molecule has 154 valence electrons. The molecule has 0 atom stereocenters. The van der Waals surface area contributed by atoms with Crippen molar-refractivity contribution in [2.45, 2.75) is 97.3 Å². The third kappa shape index (κ3) is 6.10. The highest BCUT2D eigenvalue weighted by molar-refractivity contribution is 5.37. The summed E-state index contributed by atoms with van der Waals surface area (Å²) in [6.45, 7) is 4.47. The lowest BCUT2D eigenvalue weighted by Gasteiger charge is -2.37. The molecule has 0 saturated heterocycles. The molecule has 0 amide bonds. The topological polar surface area (TPSA) is 0 Å². The Kier molecular flexibility index (Phi) is 8.44. The summed E-state index contributed by atoms with van der Waals surface area (Å²) < 4.78 is 14.2. The Morgan fingerprint density at radius 3 is 2.18 bits per heavy atom. The van der Waals surface area contributed by atoms with Crippen LogP contribution in [-0.4, -0.2) is 0 Å². The summed E-state index contributed by atoms with van der Waals surface area (Å²) in [5, 5.41) is 0. The van der Waals surface area contributed by atoms with Crippen LogP contribution in [0.4, 0.5) is 4.39 Å². The summed E-state index contributed by atoms with van der Waals surface area (Å²) in [4.78, 5) is 0. The number of rotatable bonds is 6. The standard InChI is InChI=1S/C27H39F/c1-3-5-7-26-19-14-23(20-27(26)28)9-8-22-12-17-25(18-13-22)24-15-10-21(6-4-2)11-16-24/h14,19-22,24-25H,3-7,10-13,15-18H2,1-2H3/t21-,22-,24-,25-. The van der Waals surface area contributed by atoms with Crippen LogP contribution in [0.5, 0.6) is 0 Å². The van der Waals surface area contributed by atoms with E-state index in [1.807, 2.05) is 12.1 Å². The molecular formula is C27H39F. The SMILES string of the molecule is CCCCc1ccc(C#C[C@H]2CC[C@H]([C@H]3CC[C@H](CCC)CC3)CC2)cc1F. The van der Waals surface area contributed by atoms with Crippen LogP contribution in [-0.2, 0) is 6.42 Å². The number of aryl methyl sites for hydroxylation is 1. The summed E-state index contributed by atoms with van der Waals surface area (Å²) in [7, 11) is 0. The zero-order valence-corrected chi connectivity index (χ0v) is 18.1. The quantitative estimate of drug-likeness (QED) is 0.438. The van der Waals surface area contributed by atoms with Gasteiger partial charge in [-0.05, 0) is 86.8 Å². The molecule has 2 aliphatic carbocycles. The molecule has 1 heteroatoms. The van der Waals surface area contributed by atoms with Crippen molar-refractivity contribution in [3.8, 4) is 11.8 Å². The fraction of sp³-hybridized carbons (Fsp3) is 0.704. The molecule has 3 rings (SSSR count). The summed E-state index contributed by atoms with van der Waals surface area (Å²) in [6, 6.07) is 5.57. The maximum atomic E-state index is 14.2. The van der Waals surface area contributed by atoms with E-state index in [4.69, 9.17) is 0 Å². The van der Waals surface area contributed by atoms with Gasteiger partial charge in [0.25, 0.3) is 0 Å². The summed E-state index contributed by atoms with van der Waals surface area (Å²) in [5.41, 5.74) is 1.68. The summed E-state index contributed by atoms with van der Waals surface area (Å²) in [5.74, 6) is 10.1. The fourth-order valence-corrected chi connectivity index (χ4v) is 5.47. The Hall–Kier alpha value is -1.29. The van der Waals surface area contributed by atoms with Crippen molar-refractivity contribution >= 4 is 0 Å². The second-order valence-electron chi connectivity index (χ2n) is 9.36. The van der Waals surface area contributed by atoms with Crippen molar-refractivity contribution < 1.29 is 4.39 Å². The largest absolute Gasteiger partial charge is 0.207 e. The molecule has 0 nitrogen and oxygen atoms in total. The Bertz CT molecular complexity index is 649. The van der Waals surface area contributed by atoms with E-state index in [9.17, 15) is 4.39 Å². The van der Waals surface area contributed by atoms with Gasteiger partial charge in [-0.25, -0.2) is 4.39 Å².